The Morgan fingerprint density at radius 1 is 1.06 bits per heavy atom. The fraction of sp³-hybridized carbons (Fsp3) is 0.364. The summed E-state index contributed by atoms with van der Waals surface area (Å²) in [5.74, 6) is 0.264. The SMILES string of the molecule is CSc1nccc(-c2cc(C3CCN(C)CC3)nnc2-c2cccc(C(F)(F)F)c2)n1. The van der Waals surface area contributed by atoms with E-state index in [1.807, 2.05) is 12.3 Å². The molecule has 31 heavy (non-hydrogen) atoms. The van der Waals surface area contributed by atoms with Crippen LogP contribution in [0.1, 0.15) is 30.0 Å². The molecule has 3 heterocycles. The van der Waals surface area contributed by atoms with E-state index in [2.05, 4.69) is 32.1 Å². The van der Waals surface area contributed by atoms with Gasteiger partial charge in [0.2, 0.25) is 0 Å². The number of benzene rings is 1. The second-order valence-corrected chi connectivity index (χ2v) is 8.39. The molecular formula is C22H22F3N5S. The number of aromatic nitrogens is 4. The molecule has 0 atom stereocenters. The van der Waals surface area contributed by atoms with Gasteiger partial charge in [-0.2, -0.15) is 18.3 Å². The Kier molecular flexibility index (Phi) is 6.24. The fourth-order valence-electron chi connectivity index (χ4n) is 3.75. The second-order valence-electron chi connectivity index (χ2n) is 7.62. The first-order chi connectivity index (χ1) is 14.8. The van der Waals surface area contributed by atoms with Crippen LogP contribution in [-0.4, -0.2) is 51.5 Å². The first kappa shape index (κ1) is 21.7. The number of alkyl halides is 3. The Morgan fingerprint density at radius 2 is 1.84 bits per heavy atom. The number of hydrogen-bond donors (Lipinski definition) is 0. The van der Waals surface area contributed by atoms with Gasteiger partial charge < -0.3 is 4.90 Å². The van der Waals surface area contributed by atoms with E-state index < -0.39 is 11.7 Å². The molecule has 1 fully saturated rings. The van der Waals surface area contributed by atoms with Gasteiger partial charge in [-0.25, -0.2) is 9.97 Å². The van der Waals surface area contributed by atoms with E-state index in [1.165, 1.54) is 17.8 Å². The van der Waals surface area contributed by atoms with Gasteiger partial charge in [0.15, 0.2) is 5.16 Å². The van der Waals surface area contributed by atoms with Crippen LogP contribution in [0.2, 0.25) is 0 Å². The highest BCUT2D eigenvalue weighted by atomic mass is 32.2. The molecule has 0 N–H and O–H groups in total. The van der Waals surface area contributed by atoms with Crippen LogP contribution >= 0.6 is 11.8 Å². The van der Waals surface area contributed by atoms with Crippen LogP contribution in [0.15, 0.2) is 47.8 Å². The van der Waals surface area contributed by atoms with Gasteiger partial charge in [-0.15, -0.1) is 5.10 Å². The van der Waals surface area contributed by atoms with Crippen molar-refractivity contribution < 1.29 is 13.2 Å². The maximum Gasteiger partial charge on any atom is 0.416 e. The topological polar surface area (TPSA) is 54.8 Å². The smallest absolute Gasteiger partial charge is 0.306 e. The lowest BCUT2D eigenvalue weighted by atomic mass is 9.91. The lowest BCUT2D eigenvalue weighted by molar-refractivity contribution is -0.137. The van der Waals surface area contributed by atoms with Crippen molar-refractivity contribution in [3.8, 4) is 22.5 Å². The molecule has 0 amide bonds. The van der Waals surface area contributed by atoms with Gasteiger partial charge in [0.05, 0.1) is 17.0 Å². The predicted octanol–water partition coefficient (Wildman–Crippen LogP) is 5.15. The standard InChI is InChI=1S/C22H22F3N5S/c1-30-10-7-14(8-11-30)19-13-17(18-6-9-26-21(27-18)31-2)20(29-28-19)15-4-3-5-16(12-15)22(23,24)25/h3-6,9,12-14H,7-8,10-11H2,1-2H3. The summed E-state index contributed by atoms with van der Waals surface area (Å²) in [6, 6.07) is 8.87. The summed E-state index contributed by atoms with van der Waals surface area (Å²) in [5, 5.41) is 9.41. The number of hydrogen-bond acceptors (Lipinski definition) is 6. The van der Waals surface area contributed by atoms with Crippen LogP contribution in [-0.2, 0) is 6.18 Å². The van der Waals surface area contributed by atoms with Crippen LogP contribution in [0.25, 0.3) is 22.5 Å². The van der Waals surface area contributed by atoms with Crippen LogP contribution in [0, 0.1) is 0 Å². The molecule has 1 saturated heterocycles. The van der Waals surface area contributed by atoms with Crippen molar-refractivity contribution in [3.63, 3.8) is 0 Å². The summed E-state index contributed by atoms with van der Waals surface area (Å²) in [7, 11) is 2.09. The second kappa shape index (κ2) is 8.92. The Labute approximate surface area is 183 Å². The highest BCUT2D eigenvalue weighted by molar-refractivity contribution is 7.98. The molecule has 9 heteroatoms. The lowest BCUT2D eigenvalue weighted by Crippen LogP contribution is -2.29. The monoisotopic (exact) mass is 445 g/mol. The highest BCUT2D eigenvalue weighted by Crippen LogP contribution is 2.36. The first-order valence-electron chi connectivity index (χ1n) is 9.96. The van der Waals surface area contributed by atoms with Crippen molar-refractivity contribution in [3.05, 3.63) is 53.9 Å². The molecule has 0 bridgehead atoms. The third-order valence-electron chi connectivity index (χ3n) is 5.50. The summed E-state index contributed by atoms with van der Waals surface area (Å²) in [6.07, 6.45) is 1.03. The van der Waals surface area contributed by atoms with Crippen LogP contribution < -0.4 is 0 Å². The van der Waals surface area contributed by atoms with Gasteiger partial charge >= 0.3 is 6.18 Å². The molecule has 0 spiro atoms. The number of nitrogens with zero attached hydrogens (tertiary/aromatic N) is 5. The van der Waals surface area contributed by atoms with E-state index in [9.17, 15) is 13.2 Å². The van der Waals surface area contributed by atoms with Crippen molar-refractivity contribution in [1.82, 2.24) is 25.1 Å². The summed E-state index contributed by atoms with van der Waals surface area (Å²) in [6.45, 7) is 1.95. The molecule has 5 nitrogen and oxygen atoms in total. The van der Waals surface area contributed by atoms with Gasteiger partial charge in [0.1, 0.15) is 5.69 Å². The van der Waals surface area contributed by atoms with Crippen LogP contribution in [0.5, 0.6) is 0 Å². The van der Waals surface area contributed by atoms with Gasteiger partial charge in [-0.3, -0.25) is 0 Å². The summed E-state index contributed by atoms with van der Waals surface area (Å²) < 4.78 is 39.8. The third-order valence-corrected chi connectivity index (χ3v) is 6.07. The molecule has 1 aromatic carbocycles. The highest BCUT2D eigenvalue weighted by Gasteiger charge is 2.31. The Hall–Kier alpha value is -2.52. The largest absolute Gasteiger partial charge is 0.416 e. The molecule has 1 aliphatic heterocycles. The van der Waals surface area contributed by atoms with Crippen molar-refractivity contribution in [2.24, 2.45) is 0 Å². The summed E-state index contributed by atoms with van der Waals surface area (Å²) in [4.78, 5) is 11.1. The van der Waals surface area contributed by atoms with Gasteiger partial charge in [-0.1, -0.05) is 23.9 Å². The molecular weight excluding hydrogens is 423 g/mol. The van der Waals surface area contributed by atoms with Crippen LogP contribution in [0.4, 0.5) is 13.2 Å². The molecule has 0 aliphatic carbocycles. The van der Waals surface area contributed by atoms with Crippen molar-refractivity contribution in [2.45, 2.75) is 30.1 Å². The first-order valence-corrected chi connectivity index (χ1v) is 11.2. The number of likely N-dealkylation sites (tertiary alicyclic amines) is 1. The van der Waals surface area contributed by atoms with Crippen molar-refractivity contribution in [1.29, 1.82) is 0 Å². The van der Waals surface area contributed by atoms with E-state index >= 15 is 0 Å². The summed E-state index contributed by atoms with van der Waals surface area (Å²) in [5.41, 5.74) is 2.16. The average Bonchev–Trinajstić information content (AvgIpc) is 2.79. The zero-order chi connectivity index (χ0) is 22.0. The zero-order valence-corrected chi connectivity index (χ0v) is 18.0. The number of halogens is 3. The number of piperidine rings is 1. The molecule has 0 saturated carbocycles. The summed E-state index contributed by atoms with van der Waals surface area (Å²) >= 11 is 1.41. The average molecular weight is 446 g/mol. The normalized spacial score (nSPS) is 15.9. The zero-order valence-electron chi connectivity index (χ0n) is 17.2. The Morgan fingerprint density at radius 3 is 2.55 bits per heavy atom. The number of thioether (sulfide) groups is 1. The molecule has 1 aliphatic rings. The molecule has 0 radical (unpaired) electrons. The van der Waals surface area contributed by atoms with Gasteiger partial charge in [0, 0.05) is 23.2 Å². The maximum absolute atomic E-state index is 13.3. The Balaban J connectivity index is 1.83. The van der Waals surface area contributed by atoms with Gasteiger partial charge in [-0.05, 0) is 63.5 Å². The minimum Gasteiger partial charge on any atom is -0.306 e. The van der Waals surface area contributed by atoms with E-state index in [0.717, 1.165) is 43.8 Å². The van der Waals surface area contributed by atoms with Crippen molar-refractivity contribution >= 4 is 11.8 Å². The molecule has 4 rings (SSSR count). The van der Waals surface area contributed by atoms with E-state index in [1.54, 1.807) is 18.3 Å². The lowest BCUT2D eigenvalue weighted by Gasteiger charge is -2.28. The molecule has 2 aromatic heterocycles. The minimum atomic E-state index is -4.43. The minimum absolute atomic E-state index is 0.264. The number of rotatable bonds is 4. The van der Waals surface area contributed by atoms with Crippen molar-refractivity contribution in [2.75, 3.05) is 26.4 Å². The fourth-order valence-corrected chi connectivity index (χ4v) is 4.11. The predicted molar refractivity (Wildman–Crippen MR) is 115 cm³/mol. The third kappa shape index (κ3) is 4.88. The van der Waals surface area contributed by atoms with E-state index in [0.29, 0.717) is 27.7 Å². The van der Waals surface area contributed by atoms with Crippen LogP contribution in [0.3, 0.4) is 0 Å². The molecule has 3 aromatic rings. The molecule has 0 unspecified atom stereocenters. The van der Waals surface area contributed by atoms with E-state index in [4.69, 9.17) is 0 Å². The quantitative estimate of drug-likeness (QED) is 0.409. The Bertz CT molecular complexity index is 1070. The van der Waals surface area contributed by atoms with E-state index in [-0.39, 0.29) is 5.92 Å². The van der Waals surface area contributed by atoms with Gasteiger partial charge in [0.25, 0.3) is 0 Å². The maximum atomic E-state index is 13.3. The molecule has 162 valence electrons.